The van der Waals surface area contributed by atoms with E-state index in [2.05, 4.69) is 10.6 Å². The van der Waals surface area contributed by atoms with Gasteiger partial charge >= 0.3 is 0 Å². The van der Waals surface area contributed by atoms with Crippen LogP contribution in [-0.2, 0) is 9.59 Å². The van der Waals surface area contributed by atoms with Gasteiger partial charge in [-0.3, -0.25) is 9.59 Å². The number of nitrogens with two attached hydrogens (primary N) is 1. The van der Waals surface area contributed by atoms with E-state index in [1.54, 1.807) is 25.1 Å². The third-order valence-electron chi connectivity index (χ3n) is 3.50. The largest absolute Gasteiger partial charge is 0.493 e. The van der Waals surface area contributed by atoms with Gasteiger partial charge in [0.1, 0.15) is 6.04 Å². The molecule has 0 heterocycles. The fraction of sp³-hybridized carbons (Fsp3) is 0.222. The Morgan fingerprint density at radius 2 is 1.78 bits per heavy atom. The van der Waals surface area contributed by atoms with Gasteiger partial charge in [0.2, 0.25) is 5.91 Å². The molecule has 0 aliphatic rings. The van der Waals surface area contributed by atoms with Crippen molar-refractivity contribution in [3.05, 3.63) is 48.0 Å². The molecule has 9 heteroatoms. The molecule has 0 spiro atoms. The number of anilines is 2. The molecule has 0 bridgehead atoms. The van der Waals surface area contributed by atoms with Crippen LogP contribution in [0.2, 0.25) is 0 Å². The van der Waals surface area contributed by atoms with Crippen molar-refractivity contribution in [3.8, 4) is 11.5 Å². The Balaban J connectivity index is 2.05. The Bertz CT molecular complexity index is 845. The van der Waals surface area contributed by atoms with Gasteiger partial charge in [-0.05, 0) is 31.2 Å². The maximum atomic E-state index is 13.2. The Kier molecular flexibility index (Phi) is 6.53. The van der Waals surface area contributed by atoms with Gasteiger partial charge in [0.15, 0.2) is 29.7 Å². The number of nitrogens with one attached hydrogen (secondary N) is 2. The Labute approximate surface area is 154 Å². The molecule has 0 aliphatic carbocycles. The third kappa shape index (κ3) is 5.56. The van der Waals surface area contributed by atoms with Crippen LogP contribution in [0.1, 0.15) is 6.92 Å². The number of amides is 2. The maximum absolute atomic E-state index is 13.2. The molecule has 4 N–H and O–H groups in total. The highest BCUT2D eigenvalue weighted by Crippen LogP contribution is 2.30. The van der Waals surface area contributed by atoms with Gasteiger partial charge in [-0.1, -0.05) is 0 Å². The molecule has 0 aliphatic heterocycles. The lowest BCUT2D eigenvalue weighted by molar-refractivity contribution is -0.120. The third-order valence-corrected chi connectivity index (χ3v) is 3.50. The number of hydrogen-bond acceptors (Lipinski definition) is 5. The zero-order valence-corrected chi connectivity index (χ0v) is 14.7. The first-order valence-corrected chi connectivity index (χ1v) is 7.91. The van der Waals surface area contributed by atoms with Crippen LogP contribution in [0.25, 0.3) is 0 Å². The highest BCUT2D eigenvalue weighted by Gasteiger charge is 2.15. The fourth-order valence-corrected chi connectivity index (χ4v) is 2.17. The van der Waals surface area contributed by atoms with Crippen molar-refractivity contribution in [1.29, 1.82) is 0 Å². The molecule has 0 radical (unpaired) electrons. The van der Waals surface area contributed by atoms with Crippen LogP contribution in [0.3, 0.4) is 0 Å². The summed E-state index contributed by atoms with van der Waals surface area (Å²) in [5.74, 6) is -2.50. The topological polar surface area (TPSA) is 103 Å². The molecule has 7 nitrogen and oxygen atoms in total. The Hall–Kier alpha value is -3.36. The van der Waals surface area contributed by atoms with E-state index in [1.165, 1.54) is 13.2 Å². The average Bonchev–Trinajstić information content (AvgIpc) is 2.63. The van der Waals surface area contributed by atoms with E-state index >= 15 is 0 Å². The average molecular weight is 379 g/mol. The molecule has 2 amide bonds. The van der Waals surface area contributed by atoms with Gasteiger partial charge in [-0.25, -0.2) is 8.78 Å². The number of primary amides is 1. The van der Waals surface area contributed by atoms with E-state index in [1.807, 2.05) is 0 Å². The summed E-state index contributed by atoms with van der Waals surface area (Å²) in [4.78, 5) is 23.1. The smallest absolute Gasteiger partial charge is 0.255 e. The summed E-state index contributed by atoms with van der Waals surface area (Å²) in [6.07, 6.45) is 0. The normalized spacial score (nSPS) is 11.4. The summed E-state index contributed by atoms with van der Waals surface area (Å²) in [5, 5.41) is 5.42. The standard InChI is InChI=1S/C18H19F2N3O4/c1-10(18(25)23-11-3-5-13(19)14(20)7-11)22-12-4-6-15(26-2)16(8-12)27-9-17(21)24/h3-8,10,22H,9H2,1-2H3,(H2,21,24)(H,23,25)/t10-/m1/s1. The van der Waals surface area contributed by atoms with Crippen molar-refractivity contribution in [2.75, 3.05) is 24.4 Å². The van der Waals surface area contributed by atoms with E-state index in [-0.39, 0.29) is 18.0 Å². The number of halogens is 2. The lowest BCUT2D eigenvalue weighted by Gasteiger charge is -2.17. The molecule has 0 saturated heterocycles. The predicted octanol–water partition coefficient (Wildman–Crippen LogP) is 2.28. The van der Waals surface area contributed by atoms with Gasteiger partial charge in [0.25, 0.3) is 5.91 Å². The van der Waals surface area contributed by atoms with Crippen molar-refractivity contribution in [1.82, 2.24) is 0 Å². The van der Waals surface area contributed by atoms with E-state index < -0.39 is 29.5 Å². The molecule has 2 aromatic carbocycles. The van der Waals surface area contributed by atoms with Crippen molar-refractivity contribution < 1.29 is 27.8 Å². The van der Waals surface area contributed by atoms with Crippen molar-refractivity contribution >= 4 is 23.2 Å². The van der Waals surface area contributed by atoms with Crippen LogP contribution < -0.4 is 25.8 Å². The van der Waals surface area contributed by atoms with Crippen LogP contribution in [-0.4, -0.2) is 31.6 Å². The first-order chi connectivity index (χ1) is 12.8. The van der Waals surface area contributed by atoms with Crippen LogP contribution in [0, 0.1) is 11.6 Å². The highest BCUT2D eigenvalue weighted by atomic mass is 19.2. The molecule has 0 fully saturated rings. The van der Waals surface area contributed by atoms with Gasteiger partial charge in [-0.15, -0.1) is 0 Å². The van der Waals surface area contributed by atoms with Gasteiger partial charge < -0.3 is 25.8 Å². The zero-order valence-electron chi connectivity index (χ0n) is 14.7. The summed E-state index contributed by atoms with van der Waals surface area (Å²) in [5.41, 5.74) is 5.71. The van der Waals surface area contributed by atoms with Crippen LogP contribution in [0.4, 0.5) is 20.2 Å². The van der Waals surface area contributed by atoms with Gasteiger partial charge in [0, 0.05) is 23.5 Å². The number of methoxy groups -OCH3 is 1. The molecule has 144 valence electrons. The monoisotopic (exact) mass is 379 g/mol. The number of carbonyl (C=O) groups excluding carboxylic acids is 2. The molecule has 2 aromatic rings. The zero-order chi connectivity index (χ0) is 20.0. The molecule has 27 heavy (non-hydrogen) atoms. The first-order valence-electron chi connectivity index (χ1n) is 7.91. The lowest BCUT2D eigenvalue weighted by atomic mass is 10.2. The quantitative estimate of drug-likeness (QED) is 0.653. The second kappa shape index (κ2) is 8.84. The molecular formula is C18H19F2N3O4. The minimum atomic E-state index is -1.06. The molecule has 0 aromatic heterocycles. The number of ether oxygens (including phenoxy) is 2. The number of carbonyl (C=O) groups is 2. The first kappa shape index (κ1) is 20.0. The van der Waals surface area contributed by atoms with Crippen molar-refractivity contribution in [2.45, 2.75) is 13.0 Å². The van der Waals surface area contributed by atoms with Gasteiger partial charge in [0.05, 0.1) is 7.11 Å². The van der Waals surface area contributed by atoms with Crippen LogP contribution >= 0.6 is 0 Å². The summed E-state index contributed by atoms with van der Waals surface area (Å²) in [6, 6.07) is 7.15. The highest BCUT2D eigenvalue weighted by molar-refractivity contribution is 5.96. The van der Waals surface area contributed by atoms with Gasteiger partial charge in [-0.2, -0.15) is 0 Å². The molecule has 0 unspecified atom stereocenters. The van der Waals surface area contributed by atoms with E-state index in [0.717, 1.165) is 12.1 Å². The molecule has 2 rings (SSSR count). The van der Waals surface area contributed by atoms with Crippen molar-refractivity contribution in [3.63, 3.8) is 0 Å². The minimum Gasteiger partial charge on any atom is -0.493 e. The SMILES string of the molecule is COc1ccc(N[C@H](C)C(=O)Nc2ccc(F)c(F)c2)cc1OCC(N)=O. The summed E-state index contributed by atoms with van der Waals surface area (Å²) < 4.78 is 36.6. The lowest BCUT2D eigenvalue weighted by Crippen LogP contribution is -2.31. The summed E-state index contributed by atoms with van der Waals surface area (Å²) >= 11 is 0. The summed E-state index contributed by atoms with van der Waals surface area (Å²) in [6.45, 7) is 1.26. The fourth-order valence-electron chi connectivity index (χ4n) is 2.17. The summed E-state index contributed by atoms with van der Waals surface area (Å²) in [7, 11) is 1.44. The van der Waals surface area contributed by atoms with Crippen LogP contribution in [0.15, 0.2) is 36.4 Å². The number of benzene rings is 2. The number of rotatable bonds is 8. The van der Waals surface area contributed by atoms with Crippen molar-refractivity contribution in [2.24, 2.45) is 5.73 Å². The molecular weight excluding hydrogens is 360 g/mol. The minimum absolute atomic E-state index is 0.132. The second-order valence-corrected chi connectivity index (χ2v) is 5.60. The molecule has 1 atom stereocenters. The second-order valence-electron chi connectivity index (χ2n) is 5.60. The number of hydrogen-bond donors (Lipinski definition) is 3. The predicted molar refractivity (Wildman–Crippen MR) is 95.8 cm³/mol. The van der Waals surface area contributed by atoms with E-state index in [0.29, 0.717) is 11.4 Å². The Morgan fingerprint density at radius 3 is 2.41 bits per heavy atom. The molecule has 0 saturated carbocycles. The Morgan fingerprint density at radius 1 is 1.07 bits per heavy atom. The van der Waals surface area contributed by atoms with E-state index in [9.17, 15) is 18.4 Å². The maximum Gasteiger partial charge on any atom is 0.255 e. The van der Waals surface area contributed by atoms with Crippen LogP contribution in [0.5, 0.6) is 11.5 Å². The van der Waals surface area contributed by atoms with E-state index in [4.69, 9.17) is 15.2 Å².